The number of benzene rings is 2. The molecule has 0 bridgehead atoms. The van der Waals surface area contributed by atoms with Crippen LogP contribution in [0.25, 0.3) is 0 Å². The average Bonchev–Trinajstić information content (AvgIpc) is 2.75. The lowest BCUT2D eigenvalue weighted by Gasteiger charge is -2.36. The maximum absolute atomic E-state index is 12.2. The number of amides is 1. The molecule has 3 rings (SSSR count). The van der Waals surface area contributed by atoms with Gasteiger partial charge in [0, 0.05) is 37.6 Å². The number of thioether (sulfide) groups is 1. The second-order valence-corrected chi connectivity index (χ2v) is 7.97. The van der Waals surface area contributed by atoms with E-state index in [1.807, 2.05) is 36.0 Å². The van der Waals surface area contributed by atoms with Crippen molar-refractivity contribution in [2.45, 2.75) is 11.3 Å². The van der Waals surface area contributed by atoms with Crippen molar-refractivity contribution in [2.24, 2.45) is 0 Å². The predicted octanol–water partition coefficient (Wildman–Crippen LogP) is 3.12. The molecule has 0 spiro atoms. The molecule has 5 nitrogen and oxygen atoms in total. The van der Waals surface area contributed by atoms with Crippen molar-refractivity contribution < 1.29 is 9.53 Å². The van der Waals surface area contributed by atoms with E-state index in [1.165, 1.54) is 4.90 Å². The van der Waals surface area contributed by atoms with Crippen molar-refractivity contribution in [1.82, 2.24) is 10.2 Å². The van der Waals surface area contributed by atoms with Gasteiger partial charge in [0.15, 0.2) is 0 Å². The smallest absolute Gasteiger partial charge is 0.234 e. The molecule has 2 aromatic carbocycles. The molecule has 6 heteroatoms. The number of methoxy groups -OCH3 is 1. The van der Waals surface area contributed by atoms with Crippen LogP contribution in [0.3, 0.4) is 0 Å². The minimum atomic E-state index is 0.121. The molecule has 1 fully saturated rings. The summed E-state index contributed by atoms with van der Waals surface area (Å²) in [5, 5.41) is 3.05. The summed E-state index contributed by atoms with van der Waals surface area (Å²) in [5.41, 5.74) is 1.13. The van der Waals surface area contributed by atoms with Gasteiger partial charge in [0.25, 0.3) is 0 Å². The van der Waals surface area contributed by atoms with Crippen LogP contribution in [0.4, 0.5) is 5.69 Å². The van der Waals surface area contributed by atoms with Gasteiger partial charge in [-0.3, -0.25) is 9.69 Å². The quantitative estimate of drug-likeness (QED) is 0.519. The number of carbonyl (C=O) groups excluding carboxylic acids is 1. The van der Waals surface area contributed by atoms with E-state index >= 15 is 0 Å². The zero-order valence-electron chi connectivity index (χ0n) is 16.5. The van der Waals surface area contributed by atoms with Gasteiger partial charge in [-0.1, -0.05) is 30.3 Å². The molecule has 28 heavy (non-hydrogen) atoms. The van der Waals surface area contributed by atoms with Crippen LogP contribution in [-0.2, 0) is 4.79 Å². The summed E-state index contributed by atoms with van der Waals surface area (Å²) in [7, 11) is 1.71. The van der Waals surface area contributed by atoms with Crippen LogP contribution in [-0.4, -0.2) is 62.9 Å². The molecule has 1 heterocycles. The standard InChI is InChI=1S/C22H29N3O2S/c1-27-21-11-6-5-10-20(21)25-15-13-24(14-16-25)18-22(26)23-12-7-17-28-19-8-3-2-4-9-19/h2-6,8-11H,7,12-18H2,1H3,(H,23,26). The van der Waals surface area contributed by atoms with Crippen LogP contribution in [0.15, 0.2) is 59.5 Å². The molecule has 1 aliphatic rings. The number of carbonyl (C=O) groups is 1. The number of hydrogen-bond acceptors (Lipinski definition) is 5. The number of para-hydroxylation sites is 2. The zero-order chi connectivity index (χ0) is 19.6. The van der Waals surface area contributed by atoms with Crippen molar-refractivity contribution in [3.05, 3.63) is 54.6 Å². The first kappa shape index (κ1) is 20.6. The lowest BCUT2D eigenvalue weighted by Crippen LogP contribution is -2.49. The topological polar surface area (TPSA) is 44.8 Å². The number of hydrogen-bond donors (Lipinski definition) is 1. The largest absolute Gasteiger partial charge is 0.495 e. The molecule has 0 radical (unpaired) electrons. The molecule has 0 aromatic heterocycles. The third-order valence-corrected chi connectivity index (χ3v) is 5.92. The highest BCUT2D eigenvalue weighted by molar-refractivity contribution is 7.99. The fraction of sp³-hybridized carbons (Fsp3) is 0.409. The predicted molar refractivity (Wildman–Crippen MR) is 116 cm³/mol. The van der Waals surface area contributed by atoms with E-state index in [0.29, 0.717) is 6.54 Å². The third-order valence-electron chi connectivity index (χ3n) is 4.82. The van der Waals surface area contributed by atoms with Crippen molar-refractivity contribution in [3.63, 3.8) is 0 Å². The first-order valence-electron chi connectivity index (χ1n) is 9.81. The Balaban J connectivity index is 1.31. The van der Waals surface area contributed by atoms with Crippen LogP contribution in [0, 0.1) is 0 Å². The highest BCUT2D eigenvalue weighted by atomic mass is 32.2. The SMILES string of the molecule is COc1ccccc1N1CCN(CC(=O)NCCCSc2ccccc2)CC1. The minimum absolute atomic E-state index is 0.121. The van der Waals surface area contributed by atoms with Crippen molar-refractivity contribution in [2.75, 3.05) is 57.0 Å². The van der Waals surface area contributed by atoms with Crippen LogP contribution in [0.2, 0.25) is 0 Å². The first-order chi connectivity index (χ1) is 13.8. The average molecular weight is 400 g/mol. The van der Waals surface area contributed by atoms with Crippen molar-refractivity contribution in [1.29, 1.82) is 0 Å². The molecule has 0 aliphatic carbocycles. The number of nitrogens with one attached hydrogen (secondary N) is 1. The fourth-order valence-corrected chi connectivity index (χ4v) is 4.18. The number of anilines is 1. The Bertz CT molecular complexity index is 734. The molecule has 150 valence electrons. The van der Waals surface area contributed by atoms with Gasteiger partial charge in [-0.2, -0.15) is 0 Å². The van der Waals surface area contributed by atoms with Gasteiger partial charge in [0.1, 0.15) is 5.75 Å². The monoisotopic (exact) mass is 399 g/mol. The number of ether oxygens (including phenoxy) is 1. The zero-order valence-corrected chi connectivity index (χ0v) is 17.3. The molecule has 1 N–H and O–H groups in total. The first-order valence-corrected chi connectivity index (χ1v) is 10.8. The molecule has 1 amide bonds. The Hall–Kier alpha value is -2.18. The summed E-state index contributed by atoms with van der Waals surface area (Å²) in [6.07, 6.45) is 0.979. The second kappa shape index (κ2) is 11.0. The van der Waals surface area contributed by atoms with Crippen molar-refractivity contribution in [3.8, 4) is 5.75 Å². The molecular formula is C22H29N3O2S. The van der Waals surface area contributed by atoms with Gasteiger partial charge < -0.3 is 15.0 Å². The van der Waals surface area contributed by atoms with Gasteiger partial charge >= 0.3 is 0 Å². The molecule has 0 saturated carbocycles. The van der Waals surface area contributed by atoms with E-state index in [4.69, 9.17) is 4.74 Å². The Morgan fingerprint density at radius 3 is 2.50 bits per heavy atom. The van der Waals surface area contributed by atoms with Gasteiger partial charge in [0.2, 0.25) is 5.91 Å². The van der Waals surface area contributed by atoms with E-state index in [2.05, 4.69) is 45.4 Å². The Kier molecular flexibility index (Phi) is 8.06. The van der Waals surface area contributed by atoms with E-state index in [9.17, 15) is 4.79 Å². The van der Waals surface area contributed by atoms with E-state index in [-0.39, 0.29) is 5.91 Å². The van der Waals surface area contributed by atoms with Crippen LogP contribution < -0.4 is 15.0 Å². The van der Waals surface area contributed by atoms with Gasteiger partial charge in [-0.15, -0.1) is 11.8 Å². The normalized spacial score (nSPS) is 14.7. The molecule has 2 aromatic rings. The Labute approximate surface area is 172 Å². The third kappa shape index (κ3) is 6.17. The highest BCUT2D eigenvalue weighted by Gasteiger charge is 2.20. The van der Waals surface area contributed by atoms with Crippen LogP contribution in [0.1, 0.15) is 6.42 Å². The summed E-state index contributed by atoms with van der Waals surface area (Å²) in [4.78, 5) is 18.0. The summed E-state index contributed by atoms with van der Waals surface area (Å²) in [6, 6.07) is 18.5. The lowest BCUT2D eigenvalue weighted by molar-refractivity contribution is -0.122. The summed E-state index contributed by atoms with van der Waals surface area (Å²) in [5.74, 6) is 2.04. The van der Waals surface area contributed by atoms with Gasteiger partial charge in [-0.05, 0) is 36.4 Å². The molecule has 0 unspecified atom stereocenters. The fourth-order valence-electron chi connectivity index (χ4n) is 3.30. The molecule has 1 aliphatic heterocycles. The molecular weight excluding hydrogens is 370 g/mol. The Morgan fingerprint density at radius 1 is 1.04 bits per heavy atom. The van der Waals surface area contributed by atoms with E-state index in [1.54, 1.807) is 7.11 Å². The summed E-state index contributed by atoms with van der Waals surface area (Å²) in [6.45, 7) is 4.79. The highest BCUT2D eigenvalue weighted by Crippen LogP contribution is 2.28. The number of rotatable bonds is 9. The second-order valence-electron chi connectivity index (χ2n) is 6.80. The van der Waals surface area contributed by atoms with Crippen LogP contribution in [0.5, 0.6) is 5.75 Å². The minimum Gasteiger partial charge on any atom is -0.495 e. The maximum Gasteiger partial charge on any atom is 0.234 e. The number of piperazine rings is 1. The molecule has 0 atom stereocenters. The number of nitrogens with zero attached hydrogens (tertiary/aromatic N) is 2. The van der Waals surface area contributed by atoms with E-state index < -0.39 is 0 Å². The van der Waals surface area contributed by atoms with Crippen molar-refractivity contribution >= 4 is 23.4 Å². The summed E-state index contributed by atoms with van der Waals surface area (Å²) < 4.78 is 5.46. The van der Waals surface area contributed by atoms with E-state index in [0.717, 1.165) is 56.3 Å². The maximum atomic E-state index is 12.2. The lowest BCUT2D eigenvalue weighted by atomic mass is 10.2. The van der Waals surface area contributed by atoms with Gasteiger partial charge in [0.05, 0.1) is 19.3 Å². The Morgan fingerprint density at radius 2 is 1.75 bits per heavy atom. The summed E-state index contributed by atoms with van der Waals surface area (Å²) >= 11 is 1.83. The van der Waals surface area contributed by atoms with Gasteiger partial charge in [-0.25, -0.2) is 0 Å². The molecule has 1 saturated heterocycles. The van der Waals surface area contributed by atoms with Crippen LogP contribution >= 0.6 is 11.8 Å².